The minimum Gasteiger partial charge on any atom is -0.338 e. The first-order valence-corrected chi connectivity index (χ1v) is 7.10. The molecule has 0 atom stereocenters. The van der Waals surface area contributed by atoms with Crippen LogP contribution in [0.3, 0.4) is 0 Å². The van der Waals surface area contributed by atoms with Crippen LogP contribution in [0.25, 0.3) is 0 Å². The van der Waals surface area contributed by atoms with Gasteiger partial charge in [-0.05, 0) is 28.1 Å². The average Bonchev–Trinajstić information content (AvgIpc) is 2.75. The highest BCUT2D eigenvalue weighted by Crippen LogP contribution is 2.23. The molecule has 2 heterocycles. The Morgan fingerprint density at radius 1 is 1.35 bits per heavy atom. The zero-order chi connectivity index (χ0) is 12.3. The molecule has 0 unspecified atom stereocenters. The van der Waals surface area contributed by atoms with Gasteiger partial charge < -0.3 is 4.90 Å². The smallest absolute Gasteiger partial charge is 0.254 e. The van der Waals surface area contributed by atoms with E-state index in [0.717, 1.165) is 23.4 Å². The van der Waals surface area contributed by atoms with E-state index in [2.05, 4.69) is 26.9 Å². The highest BCUT2D eigenvalue weighted by Gasteiger charge is 2.20. The number of amides is 1. The van der Waals surface area contributed by atoms with Gasteiger partial charge in [0.15, 0.2) is 6.67 Å². The Balaban J connectivity index is 1.81. The number of thiophene rings is 1. The molecule has 1 aliphatic heterocycles. The van der Waals surface area contributed by atoms with Gasteiger partial charge in [-0.3, -0.25) is 9.69 Å². The van der Waals surface area contributed by atoms with Crippen molar-refractivity contribution < 1.29 is 9.18 Å². The number of hydrogen-bond donors (Lipinski definition) is 0. The van der Waals surface area contributed by atoms with Crippen LogP contribution in [0.2, 0.25) is 0 Å². The lowest BCUT2D eigenvalue weighted by molar-refractivity contribution is -0.133. The maximum Gasteiger partial charge on any atom is 0.254 e. The number of nitrogens with zero attached hydrogens (tertiary/aromatic N) is 2. The summed E-state index contributed by atoms with van der Waals surface area (Å²) < 4.78 is 13.3. The van der Waals surface area contributed by atoms with Crippen LogP contribution in [0, 0.1) is 0 Å². The molecule has 0 N–H and O–H groups in total. The number of rotatable bonds is 3. The van der Waals surface area contributed by atoms with E-state index < -0.39 is 6.67 Å². The summed E-state index contributed by atoms with van der Waals surface area (Å²) in [6.07, 6.45) is 0. The second-order valence-electron chi connectivity index (χ2n) is 4.00. The molecule has 17 heavy (non-hydrogen) atoms. The van der Waals surface area contributed by atoms with E-state index in [-0.39, 0.29) is 5.91 Å². The Labute approximate surface area is 112 Å². The second kappa shape index (κ2) is 5.93. The van der Waals surface area contributed by atoms with Crippen LogP contribution in [0.4, 0.5) is 4.39 Å². The fourth-order valence-corrected chi connectivity index (χ4v) is 3.42. The van der Waals surface area contributed by atoms with Crippen LogP contribution >= 0.6 is 27.3 Å². The van der Waals surface area contributed by atoms with Gasteiger partial charge in [-0.1, -0.05) is 0 Å². The van der Waals surface area contributed by atoms with Crippen molar-refractivity contribution in [1.82, 2.24) is 9.80 Å². The standard InChI is InChI=1S/C11H14BrFN2OS/c12-10-2-1-9(17-10)8-14-3-5-15(6-4-14)11(16)7-13/h1-2H,3-8H2. The molecule has 1 amide bonds. The first-order chi connectivity index (χ1) is 8.19. The molecule has 0 aromatic carbocycles. The molecule has 1 fully saturated rings. The Morgan fingerprint density at radius 3 is 2.59 bits per heavy atom. The topological polar surface area (TPSA) is 23.6 Å². The number of halogens is 2. The van der Waals surface area contributed by atoms with Crippen molar-refractivity contribution in [1.29, 1.82) is 0 Å². The van der Waals surface area contributed by atoms with E-state index in [1.807, 2.05) is 6.07 Å². The van der Waals surface area contributed by atoms with Crippen molar-refractivity contribution in [2.24, 2.45) is 0 Å². The van der Waals surface area contributed by atoms with Crippen molar-refractivity contribution in [3.05, 3.63) is 20.8 Å². The van der Waals surface area contributed by atoms with Gasteiger partial charge in [-0.2, -0.15) is 0 Å². The van der Waals surface area contributed by atoms with Crippen molar-refractivity contribution in [3.63, 3.8) is 0 Å². The van der Waals surface area contributed by atoms with Crippen molar-refractivity contribution in [2.75, 3.05) is 32.9 Å². The highest BCUT2D eigenvalue weighted by molar-refractivity contribution is 9.11. The number of alkyl halides is 1. The zero-order valence-corrected chi connectivity index (χ0v) is 11.8. The van der Waals surface area contributed by atoms with Gasteiger partial charge in [0.2, 0.25) is 0 Å². The van der Waals surface area contributed by atoms with E-state index in [4.69, 9.17) is 0 Å². The van der Waals surface area contributed by atoms with Gasteiger partial charge in [0.1, 0.15) is 0 Å². The molecule has 94 valence electrons. The third kappa shape index (κ3) is 3.50. The van der Waals surface area contributed by atoms with Gasteiger partial charge in [0.25, 0.3) is 5.91 Å². The predicted octanol–water partition coefficient (Wildman–Crippen LogP) is 2.12. The lowest BCUT2D eigenvalue weighted by Gasteiger charge is -2.34. The SMILES string of the molecule is O=C(CF)N1CCN(Cc2ccc(Br)s2)CC1. The molecular formula is C11H14BrFN2OS. The van der Waals surface area contributed by atoms with Crippen molar-refractivity contribution in [3.8, 4) is 0 Å². The maximum atomic E-state index is 12.2. The fraction of sp³-hybridized carbons (Fsp3) is 0.545. The summed E-state index contributed by atoms with van der Waals surface area (Å²) in [6, 6.07) is 4.15. The monoisotopic (exact) mass is 320 g/mol. The number of carbonyl (C=O) groups excluding carboxylic acids is 1. The predicted molar refractivity (Wildman–Crippen MR) is 69.9 cm³/mol. The van der Waals surface area contributed by atoms with Crippen LogP contribution in [0.5, 0.6) is 0 Å². The largest absolute Gasteiger partial charge is 0.338 e. The number of carbonyl (C=O) groups is 1. The molecule has 2 rings (SSSR count). The third-order valence-corrected chi connectivity index (χ3v) is 4.46. The Kier molecular flexibility index (Phi) is 4.53. The first kappa shape index (κ1) is 13.0. The molecular weight excluding hydrogens is 307 g/mol. The Bertz CT molecular complexity index is 391. The molecule has 0 aliphatic carbocycles. The third-order valence-electron chi connectivity index (χ3n) is 2.85. The summed E-state index contributed by atoms with van der Waals surface area (Å²) in [5, 5.41) is 0. The van der Waals surface area contributed by atoms with Crippen molar-refractivity contribution >= 4 is 33.2 Å². The lowest BCUT2D eigenvalue weighted by atomic mass is 10.3. The molecule has 0 saturated carbocycles. The highest BCUT2D eigenvalue weighted by atomic mass is 79.9. The molecule has 1 aliphatic rings. The van der Waals surface area contributed by atoms with E-state index in [9.17, 15) is 9.18 Å². The van der Waals surface area contributed by atoms with Crippen LogP contribution in [-0.4, -0.2) is 48.6 Å². The summed E-state index contributed by atoms with van der Waals surface area (Å²) in [5.41, 5.74) is 0. The molecule has 0 bridgehead atoms. The molecule has 3 nitrogen and oxygen atoms in total. The van der Waals surface area contributed by atoms with E-state index >= 15 is 0 Å². The average molecular weight is 321 g/mol. The fourth-order valence-electron chi connectivity index (χ4n) is 1.90. The van der Waals surface area contributed by atoms with Crippen LogP contribution in [-0.2, 0) is 11.3 Å². The quantitative estimate of drug-likeness (QED) is 0.851. The molecule has 1 saturated heterocycles. The van der Waals surface area contributed by atoms with Gasteiger partial charge in [0.05, 0.1) is 3.79 Å². The molecule has 0 spiro atoms. The van der Waals surface area contributed by atoms with Gasteiger partial charge in [0, 0.05) is 37.6 Å². The summed E-state index contributed by atoms with van der Waals surface area (Å²) >= 11 is 5.17. The Morgan fingerprint density at radius 2 is 2.06 bits per heavy atom. The summed E-state index contributed by atoms with van der Waals surface area (Å²) in [6.45, 7) is 2.94. The number of piperazine rings is 1. The van der Waals surface area contributed by atoms with Crippen LogP contribution in [0.1, 0.15) is 4.88 Å². The first-order valence-electron chi connectivity index (χ1n) is 5.49. The van der Waals surface area contributed by atoms with Crippen molar-refractivity contribution in [2.45, 2.75) is 6.54 Å². The summed E-state index contributed by atoms with van der Waals surface area (Å²) in [7, 11) is 0. The lowest BCUT2D eigenvalue weighted by Crippen LogP contribution is -2.48. The maximum absolute atomic E-state index is 12.2. The Hall–Kier alpha value is -0.460. The van der Waals surface area contributed by atoms with E-state index in [1.165, 1.54) is 4.88 Å². The summed E-state index contributed by atoms with van der Waals surface area (Å²) in [4.78, 5) is 16.4. The molecule has 6 heteroatoms. The van der Waals surface area contributed by atoms with E-state index in [0.29, 0.717) is 13.1 Å². The minimum atomic E-state index is -0.877. The van der Waals surface area contributed by atoms with Crippen LogP contribution in [0.15, 0.2) is 15.9 Å². The van der Waals surface area contributed by atoms with E-state index in [1.54, 1.807) is 16.2 Å². The van der Waals surface area contributed by atoms with Gasteiger partial charge in [-0.15, -0.1) is 11.3 Å². The van der Waals surface area contributed by atoms with Crippen LogP contribution < -0.4 is 0 Å². The molecule has 1 aromatic rings. The molecule has 1 aromatic heterocycles. The zero-order valence-electron chi connectivity index (χ0n) is 9.36. The summed E-state index contributed by atoms with van der Waals surface area (Å²) in [5.74, 6) is -0.386. The van der Waals surface area contributed by atoms with Gasteiger partial charge in [-0.25, -0.2) is 4.39 Å². The normalized spacial score (nSPS) is 17.4. The second-order valence-corrected chi connectivity index (χ2v) is 6.54. The molecule has 0 radical (unpaired) electrons. The minimum absolute atomic E-state index is 0.386. The van der Waals surface area contributed by atoms with Gasteiger partial charge >= 0.3 is 0 Å². The number of hydrogen-bond acceptors (Lipinski definition) is 3.